The number of nitrogens with zero attached hydrogens (tertiary/aromatic N) is 1. The van der Waals surface area contributed by atoms with E-state index in [1.165, 1.54) is 199 Å². The van der Waals surface area contributed by atoms with Crippen LogP contribution >= 0.6 is 7.82 Å². The van der Waals surface area contributed by atoms with Crippen molar-refractivity contribution in [2.75, 3.05) is 47.5 Å². The fourth-order valence-electron chi connectivity index (χ4n) is 8.37. The van der Waals surface area contributed by atoms with Crippen molar-refractivity contribution < 1.29 is 42.1 Å². The first kappa shape index (κ1) is 64.8. The Morgan fingerprint density at radius 1 is 0.455 bits per heavy atom. The van der Waals surface area contributed by atoms with Gasteiger partial charge < -0.3 is 18.9 Å². The van der Waals surface area contributed by atoms with Crippen molar-refractivity contribution in [2.24, 2.45) is 0 Å². The van der Waals surface area contributed by atoms with E-state index in [0.29, 0.717) is 23.9 Å². The lowest BCUT2D eigenvalue weighted by Gasteiger charge is -2.24. The van der Waals surface area contributed by atoms with Crippen molar-refractivity contribution in [2.45, 2.75) is 290 Å². The Bertz CT molecular complexity index is 1130. The predicted molar refractivity (Wildman–Crippen MR) is 280 cm³/mol. The second-order valence-electron chi connectivity index (χ2n) is 20.7. The van der Waals surface area contributed by atoms with Crippen LogP contribution in [0, 0.1) is 0 Å². The Morgan fingerprint density at radius 3 is 1.12 bits per heavy atom. The Hall–Kier alpha value is -1.25. The van der Waals surface area contributed by atoms with E-state index in [4.69, 9.17) is 18.5 Å². The topological polar surface area (TPSA) is 108 Å². The van der Waals surface area contributed by atoms with Gasteiger partial charge in [0.2, 0.25) is 0 Å². The number of carbonyl (C=O) groups is 2. The number of quaternary nitrogens is 1. The van der Waals surface area contributed by atoms with Gasteiger partial charge in [0.1, 0.15) is 19.8 Å². The minimum atomic E-state index is -4.38. The minimum absolute atomic E-state index is 0.0335. The van der Waals surface area contributed by atoms with E-state index in [-0.39, 0.29) is 25.6 Å². The Labute approximate surface area is 409 Å². The molecule has 392 valence electrons. The molecule has 0 saturated heterocycles. The highest BCUT2D eigenvalue weighted by atomic mass is 31.2. The number of allylic oxidation sites excluding steroid dienone is 2. The standard InChI is InChI=1S/C56H110NO8P/c1-6-8-10-12-14-16-18-20-22-23-24-25-26-27-28-29-30-31-32-33-34-35-37-38-40-42-44-46-48-55(58)62-52-54(53-64-66(60,61)63-51-50-57(3,4)5)65-56(59)49-47-45-43-41-39-36-21-19-17-15-13-11-9-7-2/h19,21,54H,6-18,20,22-53H2,1-5H3/p+1/b21-19-. The molecule has 0 fully saturated rings. The van der Waals surface area contributed by atoms with E-state index < -0.39 is 26.5 Å². The van der Waals surface area contributed by atoms with Crippen molar-refractivity contribution in [3.63, 3.8) is 0 Å². The summed E-state index contributed by atoms with van der Waals surface area (Å²) in [4.78, 5) is 35.6. The minimum Gasteiger partial charge on any atom is -0.462 e. The zero-order valence-electron chi connectivity index (χ0n) is 44.5. The molecule has 0 aromatic carbocycles. The maximum Gasteiger partial charge on any atom is 0.472 e. The molecule has 0 spiro atoms. The molecule has 10 heteroatoms. The summed E-state index contributed by atoms with van der Waals surface area (Å²) in [7, 11) is 1.49. The average Bonchev–Trinajstić information content (AvgIpc) is 3.27. The van der Waals surface area contributed by atoms with Crippen LogP contribution in [-0.4, -0.2) is 74.9 Å². The second-order valence-corrected chi connectivity index (χ2v) is 22.1. The fourth-order valence-corrected chi connectivity index (χ4v) is 9.11. The van der Waals surface area contributed by atoms with Crippen LogP contribution in [0.2, 0.25) is 0 Å². The molecule has 0 rings (SSSR count). The number of phosphoric acid groups is 1. The number of carbonyl (C=O) groups excluding carboxylic acids is 2. The van der Waals surface area contributed by atoms with Gasteiger partial charge in [-0.25, -0.2) is 4.57 Å². The van der Waals surface area contributed by atoms with Gasteiger partial charge in [0.15, 0.2) is 6.10 Å². The van der Waals surface area contributed by atoms with Crippen LogP contribution in [0.3, 0.4) is 0 Å². The molecule has 9 nitrogen and oxygen atoms in total. The molecule has 0 amide bonds. The number of hydrogen-bond acceptors (Lipinski definition) is 7. The molecule has 0 bridgehead atoms. The summed E-state index contributed by atoms with van der Waals surface area (Å²) in [5.41, 5.74) is 0. The van der Waals surface area contributed by atoms with E-state index in [0.717, 1.165) is 51.4 Å². The van der Waals surface area contributed by atoms with Crippen LogP contribution in [0.5, 0.6) is 0 Å². The van der Waals surface area contributed by atoms with Gasteiger partial charge in [-0.05, 0) is 38.5 Å². The average molecular weight is 957 g/mol. The summed E-state index contributed by atoms with van der Waals surface area (Å²) in [6.07, 6.45) is 55.8. The molecule has 1 N–H and O–H groups in total. The second kappa shape index (κ2) is 48.8. The third kappa shape index (κ3) is 52.1. The molecule has 2 atom stereocenters. The first-order valence-corrected chi connectivity index (χ1v) is 29.9. The molecule has 66 heavy (non-hydrogen) atoms. The van der Waals surface area contributed by atoms with Crippen molar-refractivity contribution in [3.8, 4) is 0 Å². The SMILES string of the molecule is CCCCCCC/C=C\CCCCCCCC(=O)OC(COC(=O)CCCCCCCCCCCCCCCCCCCCCCCCCCCCCC)COP(=O)(O)OCC[N+](C)(C)C. The smallest absolute Gasteiger partial charge is 0.462 e. The van der Waals surface area contributed by atoms with Crippen molar-refractivity contribution in [1.29, 1.82) is 0 Å². The Kier molecular flexibility index (Phi) is 47.8. The number of hydrogen-bond donors (Lipinski definition) is 1. The van der Waals surface area contributed by atoms with Gasteiger partial charge in [-0.3, -0.25) is 18.6 Å². The zero-order chi connectivity index (χ0) is 48.5. The number of phosphoric ester groups is 1. The van der Waals surface area contributed by atoms with Crippen molar-refractivity contribution in [1.82, 2.24) is 0 Å². The molecular weight excluding hydrogens is 846 g/mol. The summed E-state index contributed by atoms with van der Waals surface area (Å²) in [6, 6.07) is 0. The summed E-state index contributed by atoms with van der Waals surface area (Å²) in [5.74, 6) is -0.792. The Balaban J connectivity index is 4.03. The molecule has 0 radical (unpaired) electrons. The quantitative estimate of drug-likeness (QED) is 0.0211. The summed E-state index contributed by atoms with van der Waals surface area (Å²) >= 11 is 0. The number of esters is 2. The van der Waals surface area contributed by atoms with Gasteiger partial charge in [0, 0.05) is 12.8 Å². The molecule has 0 aromatic heterocycles. The van der Waals surface area contributed by atoms with Gasteiger partial charge >= 0.3 is 19.8 Å². The summed E-state index contributed by atoms with van der Waals surface area (Å²) in [5, 5.41) is 0. The van der Waals surface area contributed by atoms with Crippen LogP contribution in [0.1, 0.15) is 284 Å². The third-order valence-corrected chi connectivity index (χ3v) is 13.8. The van der Waals surface area contributed by atoms with Gasteiger partial charge in [-0.2, -0.15) is 0 Å². The third-order valence-electron chi connectivity index (χ3n) is 12.8. The lowest BCUT2D eigenvalue weighted by Crippen LogP contribution is -2.37. The summed E-state index contributed by atoms with van der Waals surface area (Å²) in [6.45, 7) is 4.46. The van der Waals surface area contributed by atoms with Crippen molar-refractivity contribution in [3.05, 3.63) is 12.2 Å². The maximum atomic E-state index is 12.7. The highest BCUT2D eigenvalue weighted by molar-refractivity contribution is 7.47. The van der Waals surface area contributed by atoms with Gasteiger partial charge in [0.25, 0.3) is 0 Å². The lowest BCUT2D eigenvalue weighted by molar-refractivity contribution is -0.870. The van der Waals surface area contributed by atoms with E-state index in [9.17, 15) is 19.0 Å². The normalized spacial score (nSPS) is 13.4. The molecular formula is C56H111NO8P+. The number of unbranched alkanes of at least 4 members (excludes halogenated alkanes) is 37. The van der Waals surface area contributed by atoms with E-state index >= 15 is 0 Å². The van der Waals surface area contributed by atoms with E-state index in [1.807, 2.05) is 21.1 Å². The molecule has 0 aliphatic heterocycles. The van der Waals surface area contributed by atoms with Gasteiger partial charge in [0.05, 0.1) is 27.7 Å². The van der Waals surface area contributed by atoms with Crippen LogP contribution in [0.25, 0.3) is 0 Å². The zero-order valence-corrected chi connectivity index (χ0v) is 45.4. The van der Waals surface area contributed by atoms with Crippen LogP contribution < -0.4 is 0 Å². The molecule has 0 aliphatic rings. The fraction of sp³-hybridized carbons (Fsp3) is 0.929. The first-order chi connectivity index (χ1) is 32.0. The highest BCUT2D eigenvalue weighted by Crippen LogP contribution is 2.43. The molecule has 0 saturated carbocycles. The van der Waals surface area contributed by atoms with Gasteiger partial charge in [-0.1, -0.05) is 244 Å². The first-order valence-electron chi connectivity index (χ1n) is 28.4. The lowest BCUT2D eigenvalue weighted by atomic mass is 10.0. The molecule has 0 aromatic rings. The van der Waals surface area contributed by atoms with E-state index in [1.54, 1.807) is 0 Å². The number of rotatable bonds is 53. The Morgan fingerprint density at radius 2 is 0.773 bits per heavy atom. The number of likely N-dealkylation sites (N-methyl/N-ethyl adjacent to an activating group) is 1. The predicted octanol–water partition coefficient (Wildman–Crippen LogP) is 17.3. The van der Waals surface area contributed by atoms with Gasteiger partial charge in [-0.15, -0.1) is 0 Å². The maximum absolute atomic E-state index is 12.7. The van der Waals surface area contributed by atoms with Crippen LogP contribution in [-0.2, 0) is 32.7 Å². The van der Waals surface area contributed by atoms with Crippen molar-refractivity contribution >= 4 is 19.8 Å². The molecule has 0 heterocycles. The summed E-state index contributed by atoms with van der Waals surface area (Å²) < 4.78 is 34.5. The van der Waals surface area contributed by atoms with Crippen LogP contribution in [0.4, 0.5) is 0 Å². The van der Waals surface area contributed by atoms with Crippen LogP contribution in [0.15, 0.2) is 12.2 Å². The molecule has 2 unspecified atom stereocenters. The number of ether oxygens (including phenoxy) is 2. The highest BCUT2D eigenvalue weighted by Gasteiger charge is 2.27. The molecule has 0 aliphatic carbocycles. The monoisotopic (exact) mass is 957 g/mol. The largest absolute Gasteiger partial charge is 0.472 e. The van der Waals surface area contributed by atoms with E-state index in [2.05, 4.69) is 26.0 Å².